The molecule has 1 N–H and O–H groups in total. The molecule has 0 atom stereocenters. The summed E-state index contributed by atoms with van der Waals surface area (Å²) in [6, 6.07) is 9.88. The largest absolute Gasteiger partial charge is 0.378 e. The highest BCUT2D eigenvalue weighted by atomic mass is 32.1. The summed E-state index contributed by atoms with van der Waals surface area (Å²) in [5, 5.41) is 3.92. The number of amides is 1. The average Bonchev–Trinajstić information content (AvgIpc) is 3.05. The number of thiazole rings is 1. The molecule has 0 bridgehead atoms. The van der Waals surface area contributed by atoms with Gasteiger partial charge in [-0.15, -0.1) is 11.3 Å². The zero-order valence-corrected chi connectivity index (χ0v) is 15.6. The summed E-state index contributed by atoms with van der Waals surface area (Å²) in [4.78, 5) is 17.8. The van der Waals surface area contributed by atoms with E-state index < -0.39 is 0 Å². The standard InChI is InChI=1S/C20H26N2O2S/c1-15-22-18(16-9-4-2-5-10-16)19(25-15)20(23)21-13-8-14-24-17-11-6-3-7-12-17/h2,4-5,9-10,17H,3,6-8,11-14H2,1H3,(H,21,23). The highest BCUT2D eigenvalue weighted by molar-refractivity contribution is 7.14. The van der Waals surface area contributed by atoms with Gasteiger partial charge in [-0.05, 0) is 26.2 Å². The number of nitrogens with zero attached hydrogens (tertiary/aromatic N) is 1. The van der Waals surface area contributed by atoms with Gasteiger partial charge in [0.15, 0.2) is 0 Å². The van der Waals surface area contributed by atoms with Crippen molar-refractivity contribution in [3.8, 4) is 11.3 Å². The molecule has 1 aromatic heterocycles. The smallest absolute Gasteiger partial charge is 0.263 e. The average molecular weight is 359 g/mol. The molecule has 1 heterocycles. The van der Waals surface area contributed by atoms with Gasteiger partial charge in [-0.2, -0.15) is 0 Å². The minimum Gasteiger partial charge on any atom is -0.378 e. The predicted octanol–water partition coefficient (Wildman–Crippen LogP) is 4.59. The van der Waals surface area contributed by atoms with Crippen molar-refractivity contribution >= 4 is 17.2 Å². The van der Waals surface area contributed by atoms with Crippen molar-refractivity contribution in [2.24, 2.45) is 0 Å². The van der Waals surface area contributed by atoms with Crippen LogP contribution in [-0.2, 0) is 4.74 Å². The van der Waals surface area contributed by atoms with Crippen molar-refractivity contribution in [1.29, 1.82) is 0 Å². The zero-order chi connectivity index (χ0) is 17.5. The Hall–Kier alpha value is -1.72. The van der Waals surface area contributed by atoms with E-state index >= 15 is 0 Å². The van der Waals surface area contributed by atoms with Gasteiger partial charge in [0.2, 0.25) is 0 Å². The molecule has 0 radical (unpaired) electrons. The Labute approximate surface area is 153 Å². The molecule has 2 aromatic rings. The first-order valence-corrected chi connectivity index (χ1v) is 9.98. The lowest BCUT2D eigenvalue weighted by molar-refractivity contribution is 0.0273. The first-order chi connectivity index (χ1) is 12.2. The monoisotopic (exact) mass is 358 g/mol. The van der Waals surface area contributed by atoms with Gasteiger partial charge in [-0.25, -0.2) is 4.98 Å². The summed E-state index contributed by atoms with van der Waals surface area (Å²) in [5.74, 6) is -0.0397. The molecule has 4 nitrogen and oxygen atoms in total. The summed E-state index contributed by atoms with van der Waals surface area (Å²) in [7, 11) is 0. The van der Waals surface area contributed by atoms with Gasteiger partial charge in [0, 0.05) is 18.7 Å². The number of benzene rings is 1. The highest BCUT2D eigenvalue weighted by Gasteiger charge is 2.18. The topological polar surface area (TPSA) is 51.2 Å². The minimum absolute atomic E-state index is 0.0397. The van der Waals surface area contributed by atoms with Crippen LogP contribution < -0.4 is 5.32 Å². The number of nitrogens with one attached hydrogen (secondary N) is 1. The zero-order valence-electron chi connectivity index (χ0n) is 14.8. The summed E-state index contributed by atoms with van der Waals surface area (Å²) in [5.41, 5.74) is 1.76. The van der Waals surface area contributed by atoms with Gasteiger partial charge in [0.05, 0.1) is 16.8 Å². The van der Waals surface area contributed by atoms with E-state index in [9.17, 15) is 4.79 Å². The number of aryl methyl sites for hydroxylation is 1. The van der Waals surface area contributed by atoms with Crippen LogP contribution in [0.2, 0.25) is 0 Å². The number of aromatic nitrogens is 1. The number of ether oxygens (including phenoxy) is 1. The summed E-state index contributed by atoms with van der Waals surface area (Å²) in [6.45, 7) is 3.29. The Bertz CT molecular complexity index is 678. The SMILES string of the molecule is Cc1nc(-c2ccccc2)c(C(=O)NCCCOC2CCCCC2)s1. The normalized spacial score (nSPS) is 15.2. The van der Waals surface area contributed by atoms with Gasteiger partial charge in [-0.3, -0.25) is 4.79 Å². The maximum atomic E-state index is 12.5. The number of rotatable bonds is 7. The molecule has 0 aliphatic heterocycles. The van der Waals surface area contributed by atoms with E-state index in [2.05, 4.69) is 10.3 Å². The fourth-order valence-electron chi connectivity index (χ4n) is 3.21. The molecule has 0 saturated heterocycles. The van der Waals surface area contributed by atoms with Crippen molar-refractivity contribution in [1.82, 2.24) is 10.3 Å². The Morgan fingerprint density at radius 2 is 2.00 bits per heavy atom. The van der Waals surface area contributed by atoms with Crippen LogP contribution in [0.4, 0.5) is 0 Å². The van der Waals surface area contributed by atoms with Crippen LogP contribution in [0.25, 0.3) is 11.3 Å². The van der Waals surface area contributed by atoms with Gasteiger partial charge >= 0.3 is 0 Å². The summed E-state index contributed by atoms with van der Waals surface area (Å²) < 4.78 is 5.91. The third-order valence-corrected chi connectivity index (χ3v) is 5.47. The van der Waals surface area contributed by atoms with Crippen molar-refractivity contribution in [2.45, 2.75) is 51.6 Å². The molecular weight excluding hydrogens is 332 g/mol. The first-order valence-electron chi connectivity index (χ1n) is 9.16. The second-order valence-electron chi connectivity index (χ2n) is 6.52. The lowest BCUT2D eigenvalue weighted by Crippen LogP contribution is -2.26. The molecule has 1 aromatic carbocycles. The summed E-state index contributed by atoms with van der Waals surface area (Å²) in [6.07, 6.45) is 7.57. The van der Waals surface area contributed by atoms with E-state index in [-0.39, 0.29) is 5.91 Å². The van der Waals surface area contributed by atoms with Gasteiger partial charge < -0.3 is 10.1 Å². The Morgan fingerprint density at radius 1 is 1.24 bits per heavy atom. The van der Waals surface area contributed by atoms with E-state index in [1.165, 1.54) is 43.4 Å². The Morgan fingerprint density at radius 3 is 2.76 bits per heavy atom. The molecular formula is C20H26N2O2S. The number of hydrogen-bond acceptors (Lipinski definition) is 4. The number of carbonyl (C=O) groups is 1. The maximum Gasteiger partial charge on any atom is 0.263 e. The van der Waals surface area contributed by atoms with Crippen LogP contribution in [-0.4, -0.2) is 30.1 Å². The van der Waals surface area contributed by atoms with Gasteiger partial charge in [0.1, 0.15) is 4.88 Å². The van der Waals surface area contributed by atoms with Crippen LogP contribution in [0.5, 0.6) is 0 Å². The van der Waals surface area contributed by atoms with E-state index in [0.717, 1.165) is 29.3 Å². The predicted molar refractivity (Wildman–Crippen MR) is 102 cm³/mol. The fourth-order valence-corrected chi connectivity index (χ4v) is 4.07. The lowest BCUT2D eigenvalue weighted by atomic mass is 9.98. The molecule has 25 heavy (non-hydrogen) atoms. The van der Waals surface area contributed by atoms with Crippen LogP contribution in [0.3, 0.4) is 0 Å². The molecule has 1 aliphatic carbocycles. The third-order valence-electron chi connectivity index (χ3n) is 4.50. The molecule has 5 heteroatoms. The molecule has 1 aliphatic rings. The maximum absolute atomic E-state index is 12.5. The molecule has 3 rings (SSSR count). The van der Waals surface area contributed by atoms with Crippen LogP contribution in [0.15, 0.2) is 30.3 Å². The molecule has 1 saturated carbocycles. The highest BCUT2D eigenvalue weighted by Crippen LogP contribution is 2.27. The van der Waals surface area contributed by atoms with Gasteiger partial charge in [0.25, 0.3) is 5.91 Å². The quantitative estimate of drug-likeness (QED) is 0.737. The van der Waals surface area contributed by atoms with E-state index in [1.54, 1.807) is 0 Å². The Balaban J connectivity index is 1.48. The van der Waals surface area contributed by atoms with E-state index in [1.807, 2.05) is 37.3 Å². The van der Waals surface area contributed by atoms with Crippen molar-refractivity contribution < 1.29 is 9.53 Å². The second kappa shape index (κ2) is 9.11. The lowest BCUT2D eigenvalue weighted by Gasteiger charge is -2.21. The van der Waals surface area contributed by atoms with Crippen LogP contribution in [0, 0.1) is 6.92 Å². The Kier molecular flexibility index (Phi) is 6.59. The third kappa shape index (κ3) is 5.13. The van der Waals surface area contributed by atoms with Crippen molar-refractivity contribution in [3.05, 3.63) is 40.2 Å². The molecule has 1 amide bonds. The minimum atomic E-state index is -0.0397. The van der Waals surface area contributed by atoms with E-state index in [4.69, 9.17) is 4.74 Å². The van der Waals surface area contributed by atoms with Crippen molar-refractivity contribution in [2.75, 3.05) is 13.2 Å². The second-order valence-corrected chi connectivity index (χ2v) is 7.72. The summed E-state index contributed by atoms with van der Waals surface area (Å²) >= 11 is 1.45. The first kappa shape index (κ1) is 18.1. The number of hydrogen-bond donors (Lipinski definition) is 1. The fraction of sp³-hybridized carbons (Fsp3) is 0.500. The number of carbonyl (C=O) groups excluding carboxylic acids is 1. The van der Waals surface area contributed by atoms with E-state index in [0.29, 0.717) is 17.5 Å². The van der Waals surface area contributed by atoms with Crippen LogP contribution in [0.1, 0.15) is 53.2 Å². The van der Waals surface area contributed by atoms with Crippen molar-refractivity contribution in [3.63, 3.8) is 0 Å². The molecule has 0 spiro atoms. The van der Waals surface area contributed by atoms with Crippen LogP contribution >= 0.6 is 11.3 Å². The van der Waals surface area contributed by atoms with Gasteiger partial charge in [-0.1, -0.05) is 49.6 Å². The molecule has 134 valence electrons. The molecule has 1 fully saturated rings. The molecule has 0 unspecified atom stereocenters.